The van der Waals surface area contributed by atoms with Gasteiger partial charge in [0.1, 0.15) is 0 Å². The molecule has 1 aromatic heterocycles. The van der Waals surface area contributed by atoms with E-state index in [1.165, 1.54) is 0 Å². The molecule has 3 rings (SSSR count). The highest BCUT2D eigenvalue weighted by atomic mass is 79.9. The average Bonchev–Trinajstić information content (AvgIpc) is 2.77. The van der Waals surface area contributed by atoms with E-state index in [1.54, 1.807) is 24.3 Å². The van der Waals surface area contributed by atoms with Crippen LogP contribution in [0.4, 0.5) is 5.69 Å². The van der Waals surface area contributed by atoms with Crippen LogP contribution in [0.5, 0.6) is 0 Å². The lowest BCUT2D eigenvalue weighted by Gasteiger charge is -2.07. The van der Waals surface area contributed by atoms with E-state index in [0.29, 0.717) is 22.3 Å². The summed E-state index contributed by atoms with van der Waals surface area (Å²) in [6.07, 6.45) is 0. The number of benzene rings is 2. The van der Waals surface area contributed by atoms with Crippen molar-refractivity contribution in [3.05, 3.63) is 62.5 Å². The van der Waals surface area contributed by atoms with E-state index in [9.17, 15) is 9.59 Å². The number of aromatic amines is 2. The number of H-pyrrole nitrogens is 2. The van der Waals surface area contributed by atoms with Crippen molar-refractivity contribution in [1.29, 1.82) is 0 Å². The molecule has 1 heterocycles. The van der Waals surface area contributed by atoms with Crippen LogP contribution < -0.4 is 11.0 Å². The molecule has 0 bridgehead atoms. The van der Waals surface area contributed by atoms with Crippen molar-refractivity contribution >= 4 is 38.6 Å². The Bertz CT molecular complexity index is 875. The van der Waals surface area contributed by atoms with Crippen LogP contribution in [0, 0.1) is 6.92 Å². The molecule has 0 aliphatic carbocycles. The fourth-order valence-electron chi connectivity index (χ4n) is 2.18. The van der Waals surface area contributed by atoms with Gasteiger partial charge in [0.05, 0.1) is 11.0 Å². The number of carbonyl (C=O) groups excluding carboxylic acids is 1. The van der Waals surface area contributed by atoms with Crippen molar-refractivity contribution in [2.45, 2.75) is 6.92 Å². The minimum atomic E-state index is -0.268. The van der Waals surface area contributed by atoms with Crippen molar-refractivity contribution in [2.24, 2.45) is 0 Å². The number of hydrogen-bond acceptors (Lipinski definition) is 2. The van der Waals surface area contributed by atoms with Crippen molar-refractivity contribution in [1.82, 2.24) is 9.97 Å². The van der Waals surface area contributed by atoms with Gasteiger partial charge in [-0.15, -0.1) is 0 Å². The molecule has 5 nitrogen and oxygen atoms in total. The topological polar surface area (TPSA) is 77.8 Å². The zero-order valence-electron chi connectivity index (χ0n) is 11.2. The number of rotatable bonds is 2. The van der Waals surface area contributed by atoms with E-state index in [-0.39, 0.29) is 11.6 Å². The van der Waals surface area contributed by atoms with E-state index in [2.05, 4.69) is 31.2 Å². The SMILES string of the molecule is Cc1cc(Br)cc(C(=O)Nc2ccc3[nH]c(=O)[nH]c3c2)c1. The molecule has 3 N–H and O–H groups in total. The Balaban J connectivity index is 1.90. The molecule has 0 saturated carbocycles. The van der Waals surface area contributed by atoms with Crippen LogP contribution in [0.25, 0.3) is 11.0 Å². The number of aryl methyl sites for hydroxylation is 1. The van der Waals surface area contributed by atoms with E-state index < -0.39 is 0 Å². The van der Waals surface area contributed by atoms with Gasteiger partial charge >= 0.3 is 5.69 Å². The van der Waals surface area contributed by atoms with Gasteiger partial charge in [-0.05, 0) is 48.9 Å². The molecule has 3 aromatic rings. The Morgan fingerprint density at radius 1 is 1.10 bits per heavy atom. The largest absolute Gasteiger partial charge is 0.323 e. The molecule has 0 saturated heterocycles. The second kappa shape index (κ2) is 5.21. The molecule has 0 atom stereocenters. The van der Waals surface area contributed by atoms with Gasteiger partial charge in [-0.2, -0.15) is 0 Å². The highest BCUT2D eigenvalue weighted by Gasteiger charge is 2.08. The van der Waals surface area contributed by atoms with Gasteiger partial charge in [-0.25, -0.2) is 4.79 Å². The second-order valence-corrected chi connectivity index (χ2v) is 5.73. The summed E-state index contributed by atoms with van der Waals surface area (Å²) in [5.74, 6) is -0.198. The molecule has 2 aromatic carbocycles. The van der Waals surface area contributed by atoms with Crippen LogP contribution in [0.3, 0.4) is 0 Å². The van der Waals surface area contributed by atoms with Crippen LogP contribution in [0.2, 0.25) is 0 Å². The van der Waals surface area contributed by atoms with E-state index in [1.807, 2.05) is 19.1 Å². The highest BCUT2D eigenvalue weighted by Crippen LogP contribution is 2.18. The first-order valence-corrected chi connectivity index (χ1v) is 7.11. The Kier molecular flexibility index (Phi) is 3.39. The number of fused-ring (bicyclic) bond motifs is 1. The predicted molar refractivity (Wildman–Crippen MR) is 85.8 cm³/mol. The zero-order chi connectivity index (χ0) is 15.0. The Morgan fingerprint density at radius 2 is 1.86 bits per heavy atom. The summed E-state index contributed by atoms with van der Waals surface area (Å²) >= 11 is 3.38. The average molecular weight is 346 g/mol. The maximum atomic E-state index is 12.2. The summed E-state index contributed by atoms with van der Waals surface area (Å²) in [6.45, 7) is 1.93. The number of amides is 1. The maximum Gasteiger partial charge on any atom is 0.323 e. The fourth-order valence-corrected chi connectivity index (χ4v) is 2.79. The summed E-state index contributed by atoms with van der Waals surface area (Å²) in [5, 5.41) is 2.82. The number of nitrogens with one attached hydrogen (secondary N) is 3. The van der Waals surface area contributed by atoms with Crippen molar-refractivity contribution in [2.75, 3.05) is 5.32 Å². The lowest BCUT2D eigenvalue weighted by Crippen LogP contribution is -2.12. The van der Waals surface area contributed by atoms with Crippen molar-refractivity contribution in [3.8, 4) is 0 Å². The second-order valence-electron chi connectivity index (χ2n) is 4.81. The van der Waals surface area contributed by atoms with E-state index in [4.69, 9.17) is 0 Å². The zero-order valence-corrected chi connectivity index (χ0v) is 12.7. The monoisotopic (exact) mass is 345 g/mol. The van der Waals surface area contributed by atoms with Crippen molar-refractivity contribution in [3.63, 3.8) is 0 Å². The minimum Gasteiger partial charge on any atom is -0.322 e. The van der Waals surface area contributed by atoms with Gasteiger partial charge in [0.15, 0.2) is 0 Å². The molecule has 0 unspecified atom stereocenters. The molecule has 1 amide bonds. The van der Waals surface area contributed by atoms with Crippen LogP contribution >= 0.6 is 15.9 Å². The van der Waals surface area contributed by atoms with Crippen molar-refractivity contribution < 1.29 is 4.79 Å². The molecule has 0 aliphatic rings. The number of aromatic nitrogens is 2. The number of halogens is 1. The lowest BCUT2D eigenvalue weighted by molar-refractivity contribution is 0.102. The number of hydrogen-bond donors (Lipinski definition) is 3. The Morgan fingerprint density at radius 3 is 2.62 bits per heavy atom. The minimum absolute atomic E-state index is 0.198. The summed E-state index contributed by atoms with van der Waals surface area (Å²) in [6, 6.07) is 10.7. The van der Waals surface area contributed by atoms with Gasteiger partial charge in [0.25, 0.3) is 5.91 Å². The molecule has 106 valence electrons. The standard InChI is InChI=1S/C15H12BrN3O2/c1-8-4-9(6-10(16)5-8)14(20)17-11-2-3-12-13(7-11)19-15(21)18-12/h2-7H,1H3,(H,17,20)(H2,18,19,21). The Hall–Kier alpha value is -2.34. The third kappa shape index (κ3) is 2.90. The number of anilines is 1. The van der Waals surface area contributed by atoms with Crippen LogP contribution in [0.15, 0.2) is 45.7 Å². The molecule has 0 fully saturated rings. The fraction of sp³-hybridized carbons (Fsp3) is 0.0667. The third-order valence-electron chi connectivity index (χ3n) is 3.08. The van der Waals surface area contributed by atoms with Crippen LogP contribution in [-0.2, 0) is 0 Å². The molecule has 0 spiro atoms. The van der Waals surface area contributed by atoms with E-state index >= 15 is 0 Å². The molecule has 21 heavy (non-hydrogen) atoms. The predicted octanol–water partition coefficient (Wildman–Crippen LogP) is 3.18. The summed E-state index contributed by atoms with van der Waals surface area (Å²) < 4.78 is 0.859. The first kappa shape index (κ1) is 13.6. The van der Waals surface area contributed by atoms with Gasteiger partial charge < -0.3 is 15.3 Å². The highest BCUT2D eigenvalue weighted by molar-refractivity contribution is 9.10. The first-order valence-electron chi connectivity index (χ1n) is 6.32. The Labute approximate surface area is 128 Å². The lowest BCUT2D eigenvalue weighted by atomic mass is 10.1. The number of imidazole rings is 1. The van der Waals surface area contributed by atoms with Gasteiger partial charge in [-0.3, -0.25) is 4.79 Å². The van der Waals surface area contributed by atoms with Gasteiger partial charge in [0.2, 0.25) is 0 Å². The quantitative estimate of drug-likeness (QED) is 0.666. The summed E-state index contributed by atoms with van der Waals surface area (Å²) in [7, 11) is 0. The van der Waals surface area contributed by atoms with Crippen LogP contribution in [-0.4, -0.2) is 15.9 Å². The molecular weight excluding hydrogens is 334 g/mol. The summed E-state index contributed by atoms with van der Waals surface area (Å²) in [4.78, 5) is 28.8. The molecular formula is C15H12BrN3O2. The van der Waals surface area contributed by atoms with Gasteiger partial charge in [-0.1, -0.05) is 15.9 Å². The molecule has 6 heteroatoms. The van der Waals surface area contributed by atoms with Crippen LogP contribution in [0.1, 0.15) is 15.9 Å². The smallest absolute Gasteiger partial charge is 0.322 e. The number of carbonyl (C=O) groups is 1. The van der Waals surface area contributed by atoms with Gasteiger partial charge in [0, 0.05) is 15.7 Å². The molecule has 0 radical (unpaired) electrons. The normalized spacial score (nSPS) is 10.8. The van der Waals surface area contributed by atoms with E-state index in [0.717, 1.165) is 10.0 Å². The maximum absolute atomic E-state index is 12.2. The molecule has 0 aliphatic heterocycles. The third-order valence-corrected chi connectivity index (χ3v) is 3.54. The summed E-state index contributed by atoms with van der Waals surface area (Å²) in [5.41, 5.74) is 3.29. The first-order chi connectivity index (χ1) is 10.0.